The summed E-state index contributed by atoms with van der Waals surface area (Å²) in [6.07, 6.45) is 1.53. The van der Waals surface area contributed by atoms with Gasteiger partial charge in [-0.05, 0) is 34.5 Å². The number of thiophene rings is 1. The Morgan fingerprint density at radius 2 is 2.00 bits per heavy atom. The summed E-state index contributed by atoms with van der Waals surface area (Å²) in [5.41, 5.74) is 2.20. The molecule has 0 fully saturated rings. The first-order valence-electron chi connectivity index (χ1n) is 4.89. The lowest BCUT2D eigenvalue weighted by atomic mass is 10.1. The highest BCUT2D eigenvalue weighted by molar-refractivity contribution is 7.08. The van der Waals surface area contributed by atoms with E-state index in [0.717, 1.165) is 5.56 Å². The third-order valence-electron chi connectivity index (χ3n) is 2.51. The van der Waals surface area contributed by atoms with Gasteiger partial charge in [-0.15, -0.1) is 0 Å². The van der Waals surface area contributed by atoms with Gasteiger partial charge < -0.3 is 4.42 Å². The van der Waals surface area contributed by atoms with Crippen molar-refractivity contribution in [3.05, 3.63) is 57.6 Å². The zero-order chi connectivity index (χ0) is 11.0. The van der Waals surface area contributed by atoms with Gasteiger partial charge in [0.1, 0.15) is 11.8 Å². The minimum Gasteiger partial charge on any atom is -0.463 e. The van der Waals surface area contributed by atoms with Crippen molar-refractivity contribution in [2.45, 2.75) is 0 Å². The number of rotatable bonds is 1. The quantitative estimate of drug-likeness (QED) is 0.638. The van der Waals surface area contributed by atoms with Gasteiger partial charge in [-0.3, -0.25) is 4.79 Å². The highest BCUT2D eigenvalue weighted by Gasteiger charge is 2.08. The van der Waals surface area contributed by atoms with E-state index in [1.807, 2.05) is 29.0 Å². The Labute approximate surface area is 95.8 Å². The third-order valence-corrected chi connectivity index (χ3v) is 3.20. The third kappa shape index (κ3) is 1.37. The van der Waals surface area contributed by atoms with Crippen LogP contribution in [0.5, 0.6) is 0 Å². The molecule has 0 spiro atoms. The molecule has 3 aromatic rings. The first kappa shape index (κ1) is 9.36. The van der Waals surface area contributed by atoms with Crippen LogP contribution >= 0.6 is 11.3 Å². The zero-order valence-electron chi connectivity index (χ0n) is 8.34. The van der Waals surface area contributed by atoms with Crippen LogP contribution in [-0.2, 0) is 0 Å². The van der Waals surface area contributed by atoms with Gasteiger partial charge in [0.2, 0.25) is 5.43 Å². The zero-order valence-corrected chi connectivity index (χ0v) is 9.16. The van der Waals surface area contributed by atoms with E-state index < -0.39 is 0 Å². The second-order valence-corrected chi connectivity index (χ2v) is 4.27. The molecule has 0 saturated heterocycles. The van der Waals surface area contributed by atoms with Crippen LogP contribution in [0.25, 0.3) is 22.1 Å². The van der Waals surface area contributed by atoms with E-state index in [0.29, 0.717) is 16.5 Å². The first-order chi connectivity index (χ1) is 7.86. The average Bonchev–Trinajstić information content (AvgIpc) is 2.83. The highest BCUT2D eigenvalue weighted by Crippen LogP contribution is 2.21. The molecule has 0 amide bonds. The summed E-state index contributed by atoms with van der Waals surface area (Å²) in [5.74, 6) is 0. The Hall–Kier alpha value is -1.87. The maximum atomic E-state index is 12.2. The van der Waals surface area contributed by atoms with E-state index in [2.05, 4.69) is 0 Å². The molecule has 0 bridgehead atoms. The van der Waals surface area contributed by atoms with Gasteiger partial charge >= 0.3 is 0 Å². The summed E-state index contributed by atoms with van der Waals surface area (Å²) in [4.78, 5) is 12.2. The molecule has 0 aliphatic carbocycles. The Balaban J connectivity index is 2.37. The van der Waals surface area contributed by atoms with Crippen molar-refractivity contribution < 1.29 is 4.42 Å². The van der Waals surface area contributed by atoms with Crippen molar-refractivity contribution in [2.24, 2.45) is 0 Å². The molecule has 0 radical (unpaired) electrons. The summed E-state index contributed by atoms with van der Waals surface area (Å²) in [7, 11) is 0. The normalized spacial score (nSPS) is 10.8. The SMILES string of the molecule is O=c1c(-c2ccsc2)coc2ccccc12. The lowest BCUT2D eigenvalue weighted by molar-refractivity contribution is 0.604. The Bertz CT molecular complexity index is 680. The van der Waals surface area contributed by atoms with Gasteiger partial charge in [0.25, 0.3) is 0 Å². The van der Waals surface area contributed by atoms with Crippen LogP contribution in [0.4, 0.5) is 0 Å². The molecule has 0 atom stereocenters. The number of para-hydroxylation sites is 1. The molecular formula is C13H8O2S. The van der Waals surface area contributed by atoms with Crippen LogP contribution in [0.2, 0.25) is 0 Å². The molecule has 16 heavy (non-hydrogen) atoms. The molecular weight excluding hydrogens is 220 g/mol. The van der Waals surface area contributed by atoms with Crippen molar-refractivity contribution in [2.75, 3.05) is 0 Å². The van der Waals surface area contributed by atoms with Crippen LogP contribution in [0.3, 0.4) is 0 Å². The van der Waals surface area contributed by atoms with Crippen LogP contribution in [0, 0.1) is 0 Å². The molecule has 2 nitrogen and oxygen atoms in total. The number of hydrogen-bond donors (Lipinski definition) is 0. The van der Waals surface area contributed by atoms with E-state index >= 15 is 0 Å². The molecule has 3 rings (SSSR count). The van der Waals surface area contributed by atoms with Gasteiger partial charge in [0.05, 0.1) is 10.9 Å². The first-order valence-corrected chi connectivity index (χ1v) is 5.83. The molecule has 0 aliphatic heterocycles. The predicted octanol–water partition coefficient (Wildman–Crippen LogP) is 3.52. The second-order valence-electron chi connectivity index (χ2n) is 3.49. The average molecular weight is 228 g/mol. The van der Waals surface area contributed by atoms with Crippen LogP contribution in [-0.4, -0.2) is 0 Å². The molecule has 0 N–H and O–H groups in total. The van der Waals surface area contributed by atoms with Crippen LogP contribution in [0.15, 0.2) is 56.6 Å². The fourth-order valence-electron chi connectivity index (χ4n) is 1.69. The molecule has 1 aromatic carbocycles. The van der Waals surface area contributed by atoms with Crippen molar-refractivity contribution >= 4 is 22.3 Å². The lowest BCUT2D eigenvalue weighted by Crippen LogP contribution is -2.03. The highest BCUT2D eigenvalue weighted by atomic mass is 32.1. The fourth-order valence-corrected chi connectivity index (χ4v) is 2.35. The van der Waals surface area contributed by atoms with Crippen LogP contribution < -0.4 is 5.43 Å². The van der Waals surface area contributed by atoms with Crippen molar-refractivity contribution in [3.63, 3.8) is 0 Å². The number of fused-ring (bicyclic) bond motifs is 1. The summed E-state index contributed by atoms with van der Waals surface area (Å²) in [6, 6.07) is 9.21. The maximum absolute atomic E-state index is 12.2. The topological polar surface area (TPSA) is 30.2 Å². The van der Waals surface area contributed by atoms with E-state index in [-0.39, 0.29) is 5.43 Å². The minimum atomic E-state index is 0.0280. The molecule has 0 aliphatic rings. The molecule has 0 saturated carbocycles. The fraction of sp³-hybridized carbons (Fsp3) is 0. The van der Waals surface area contributed by atoms with Crippen molar-refractivity contribution in [1.29, 1.82) is 0 Å². The molecule has 2 heterocycles. The van der Waals surface area contributed by atoms with E-state index in [9.17, 15) is 4.79 Å². The second kappa shape index (κ2) is 3.61. The molecule has 2 aromatic heterocycles. The molecule has 3 heteroatoms. The maximum Gasteiger partial charge on any atom is 0.200 e. The Morgan fingerprint density at radius 1 is 1.12 bits per heavy atom. The van der Waals surface area contributed by atoms with Gasteiger partial charge in [-0.1, -0.05) is 12.1 Å². The largest absolute Gasteiger partial charge is 0.463 e. The molecule has 0 unspecified atom stereocenters. The molecule has 78 valence electrons. The number of hydrogen-bond acceptors (Lipinski definition) is 3. The van der Waals surface area contributed by atoms with Crippen molar-refractivity contribution in [1.82, 2.24) is 0 Å². The summed E-state index contributed by atoms with van der Waals surface area (Å²) in [5, 5.41) is 4.52. The Kier molecular flexibility index (Phi) is 2.11. The van der Waals surface area contributed by atoms with E-state index in [1.54, 1.807) is 23.5 Å². The summed E-state index contributed by atoms with van der Waals surface area (Å²) in [6.45, 7) is 0. The van der Waals surface area contributed by atoms with Gasteiger partial charge in [0.15, 0.2) is 0 Å². The van der Waals surface area contributed by atoms with E-state index in [4.69, 9.17) is 4.42 Å². The standard InChI is InChI=1S/C13H8O2S/c14-13-10-3-1-2-4-12(10)15-7-11(13)9-5-6-16-8-9/h1-8H. The van der Waals surface area contributed by atoms with Gasteiger partial charge in [-0.25, -0.2) is 0 Å². The monoisotopic (exact) mass is 228 g/mol. The van der Waals surface area contributed by atoms with Gasteiger partial charge in [0, 0.05) is 0 Å². The summed E-state index contributed by atoms with van der Waals surface area (Å²) >= 11 is 1.57. The van der Waals surface area contributed by atoms with Gasteiger partial charge in [-0.2, -0.15) is 11.3 Å². The summed E-state index contributed by atoms with van der Waals surface area (Å²) < 4.78 is 5.45. The number of benzene rings is 1. The minimum absolute atomic E-state index is 0.0280. The van der Waals surface area contributed by atoms with E-state index in [1.165, 1.54) is 6.26 Å². The van der Waals surface area contributed by atoms with Crippen LogP contribution in [0.1, 0.15) is 0 Å². The van der Waals surface area contributed by atoms with Crippen molar-refractivity contribution in [3.8, 4) is 11.1 Å². The lowest BCUT2D eigenvalue weighted by Gasteiger charge is -1.99. The smallest absolute Gasteiger partial charge is 0.200 e. The predicted molar refractivity (Wildman–Crippen MR) is 65.8 cm³/mol. The Morgan fingerprint density at radius 3 is 2.81 bits per heavy atom.